The Bertz CT molecular complexity index is 437. The van der Waals surface area contributed by atoms with E-state index >= 15 is 0 Å². The molecule has 0 aliphatic carbocycles. The molecule has 170 valence electrons. The van der Waals surface area contributed by atoms with Gasteiger partial charge < -0.3 is 19.7 Å². The Morgan fingerprint density at radius 3 is 1.72 bits per heavy atom. The number of rotatable bonds is 21. The molecule has 0 aromatic rings. The second-order valence-corrected chi connectivity index (χ2v) is 7.61. The van der Waals surface area contributed by atoms with Crippen LogP contribution in [0.15, 0.2) is 0 Å². The first-order chi connectivity index (χ1) is 14.0. The summed E-state index contributed by atoms with van der Waals surface area (Å²) in [6, 6.07) is 0. The van der Waals surface area contributed by atoms with E-state index in [9.17, 15) is 14.4 Å². The third kappa shape index (κ3) is 20.9. The quantitative estimate of drug-likeness (QED) is 0.201. The lowest BCUT2D eigenvalue weighted by Crippen LogP contribution is -2.23. The summed E-state index contributed by atoms with van der Waals surface area (Å²) < 4.78 is 10.3. The molecule has 0 saturated heterocycles. The van der Waals surface area contributed by atoms with E-state index in [1.54, 1.807) is 0 Å². The predicted octanol–water partition coefficient (Wildman–Crippen LogP) is 4.96. The van der Waals surface area contributed by atoms with E-state index < -0.39 is 24.5 Å². The lowest BCUT2D eigenvalue weighted by atomic mass is 10.0. The number of unbranched alkanes of at least 4 members (excludes halogenated alkanes) is 10. The van der Waals surface area contributed by atoms with Crippen molar-refractivity contribution in [2.45, 2.75) is 109 Å². The average molecular weight is 417 g/mol. The maximum atomic E-state index is 11.8. The van der Waals surface area contributed by atoms with Crippen molar-refractivity contribution in [2.75, 3.05) is 13.2 Å². The molecule has 29 heavy (non-hydrogen) atoms. The Morgan fingerprint density at radius 2 is 1.21 bits per heavy atom. The van der Waals surface area contributed by atoms with Gasteiger partial charge in [-0.2, -0.15) is 0 Å². The molecule has 0 amide bonds. The Morgan fingerprint density at radius 1 is 0.690 bits per heavy atom. The second-order valence-electron chi connectivity index (χ2n) is 7.61. The minimum absolute atomic E-state index is 0.121. The van der Waals surface area contributed by atoms with E-state index in [-0.39, 0.29) is 19.1 Å². The van der Waals surface area contributed by atoms with E-state index in [1.165, 1.54) is 6.42 Å². The van der Waals surface area contributed by atoms with Gasteiger partial charge in [0.15, 0.2) is 0 Å². The number of ether oxygens (including phenoxy) is 2. The Labute approximate surface area is 175 Å². The molecule has 7 heteroatoms. The van der Waals surface area contributed by atoms with Gasteiger partial charge in [-0.3, -0.25) is 4.79 Å². The molecular formula is C22H40O7. The predicted molar refractivity (Wildman–Crippen MR) is 111 cm³/mol. The van der Waals surface area contributed by atoms with Crippen LogP contribution >= 0.6 is 0 Å². The van der Waals surface area contributed by atoms with Crippen LogP contribution in [-0.4, -0.2) is 47.4 Å². The molecule has 0 aliphatic heterocycles. The highest BCUT2D eigenvalue weighted by molar-refractivity contribution is 5.72. The number of carboxylic acids is 2. The van der Waals surface area contributed by atoms with Gasteiger partial charge in [0.05, 0.1) is 0 Å². The van der Waals surface area contributed by atoms with Crippen molar-refractivity contribution < 1.29 is 34.1 Å². The summed E-state index contributed by atoms with van der Waals surface area (Å²) in [6.45, 7) is 1.34. The number of aliphatic carboxylic acids is 2. The molecule has 0 rings (SSSR count). The molecule has 0 fully saturated rings. The van der Waals surface area contributed by atoms with Crippen LogP contribution in [0.5, 0.6) is 0 Å². The van der Waals surface area contributed by atoms with E-state index in [1.807, 2.05) is 0 Å². The molecule has 7 nitrogen and oxygen atoms in total. The molecule has 0 aromatic heterocycles. The van der Waals surface area contributed by atoms with E-state index in [2.05, 4.69) is 6.92 Å². The Balaban J connectivity index is 3.91. The van der Waals surface area contributed by atoms with E-state index in [0.29, 0.717) is 0 Å². The zero-order valence-electron chi connectivity index (χ0n) is 18.0. The van der Waals surface area contributed by atoms with Gasteiger partial charge in [0.2, 0.25) is 0 Å². The van der Waals surface area contributed by atoms with Gasteiger partial charge in [0, 0.05) is 6.42 Å². The van der Waals surface area contributed by atoms with Crippen LogP contribution in [0.2, 0.25) is 0 Å². The fourth-order valence-corrected chi connectivity index (χ4v) is 3.21. The van der Waals surface area contributed by atoms with Crippen molar-refractivity contribution in [2.24, 2.45) is 0 Å². The normalized spacial score (nSPS) is 11.9. The maximum absolute atomic E-state index is 11.8. The zero-order chi connectivity index (χ0) is 21.7. The molecule has 0 radical (unpaired) electrons. The zero-order valence-corrected chi connectivity index (χ0v) is 18.0. The second kappa shape index (κ2) is 19.7. The third-order valence-corrected chi connectivity index (χ3v) is 4.79. The smallest absolute Gasteiger partial charge is 0.332 e. The minimum atomic E-state index is -1.10. The summed E-state index contributed by atoms with van der Waals surface area (Å²) in [5, 5.41) is 17.1. The lowest BCUT2D eigenvalue weighted by molar-refractivity contribution is -0.157. The van der Waals surface area contributed by atoms with Gasteiger partial charge in [-0.05, 0) is 32.1 Å². The van der Waals surface area contributed by atoms with Gasteiger partial charge in [-0.1, -0.05) is 64.7 Å². The lowest BCUT2D eigenvalue weighted by Gasteiger charge is -2.18. The third-order valence-electron chi connectivity index (χ3n) is 4.79. The molecule has 2 N–H and O–H groups in total. The molecule has 0 bridgehead atoms. The first kappa shape index (κ1) is 27.4. The molecule has 0 aliphatic rings. The highest BCUT2D eigenvalue weighted by Gasteiger charge is 2.15. The number of carbonyl (C=O) groups excluding carboxylic acids is 1. The van der Waals surface area contributed by atoms with Gasteiger partial charge >= 0.3 is 17.9 Å². The van der Waals surface area contributed by atoms with Gasteiger partial charge in [-0.25, -0.2) is 9.59 Å². The molecular weight excluding hydrogens is 376 g/mol. The SMILES string of the molecule is CCCCCC[C@H](CCCCCCCCCCC(=O)O)OC(=O)COCC(=O)O. The van der Waals surface area contributed by atoms with Crippen LogP contribution in [0.3, 0.4) is 0 Å². The molecule has 0 heterocycles. The number of carbonyl (C=O) groups is 3. The number of carboxylic acid groups (broad SMARTS) is 2. The standard InChI is InChI=1S/C22H40O7/c1-2-3-4-11-14-19(29-22(27)18-28-17-21(25)26)15-12-9-7-5-6-8-10-13-16-20(23)24/h19H,2-18H2,1H3,(H,23,24)(H,25,26)/t19-/m1/s1. The van der Waals surface area contributed by atoms with Crippen LogP contribution in [0.4, 0.5) is 0 Å². The highest BCUT2D eigenvalue weighted by atomic mass is 16.6. The summed E-state index contributed by atoms with van der Waals surface area (Å²) in [5.74, 6) is -2.31. The average Bonchev–Trinajstić information content (AvgIpc) is 2.65. The molecule has 0 unspecified atom stereocenters. The van der Waals surface area contributed by atoms with Crippen molar-refractivity contribution in [1.29, 1.82) is 0 Å². The fourth-order valence-electron chi connectivity index (χ4n) is 3.21. The van der Waals surface area contributed by atoms with Gasteiger partial charge in [-0.15, -0.1) is 0 Å². The number of hydrogen-bond acceptors (Lipinski definition) is 5. The van der Waals surface area contributed by atoms with E-state index in [4.69, 9.17) is 19.7 Å². The Hall–Kier alpha value is -1.63. The summed E-state index contributed by atoms with van der Waals surface area (Å²) in [7, 11) is 0. The first-order valence-electron chi connectivity index (χ1n) is 11.2. The minimum Gasteiger partial charge on any atom is -0.481 e. The highest BCUT2D eigenvalue weighted by Crippen LogP contribution is 2.17. The summed E-state index contributed by atoms with van der Waals surface area (Å²) >= 11 is 0. The fraction of sp³-hybridized carbons (Fsp3) is 0.864. The first-order valence-corrected chi connectivity index (χ1v) is 11.2. The van der Waals surface area contributed by atoms with Crippen molar-refractivity contribution in [1.82, 2.24) is 0 Å². The van der Waals surface area contributed by atoms with Crippen LogP contribution in [-0.2, 0) is 23.9 Å². The van der Waals surface area contributed by atoms with Gasteiger partial charge in [0.1, 0.15) is 19.3 Å². The summed E-state index contributed by atoms with van der Waals surface area (Å²) in [5.41, 5.74) is 0. The monoisotopic (exact) mass is 416 g/mol. The molecule has 1 atom stereocenters. The van der Waals surface area contributed by atoms with Crippen molar-refractivity contribution in [3.8, 4) is 0 Å². The number of esters is 1. The molecule has 0 spiro atoms. The topological polar surface area (TPSA) is 110 Å². The maximum Gasteiger partial charge on any atom is 0.332 e. The molecule has 0 saturated carbocycles. The van der Waals surface area contributed by atoms with Crippen molar-refractivity contribution >= 4 is 17.9 Å². The molecule has 0 aromatic carbocycles. The van der Waals surface area contributed by atoms with Crippen molar-refractivity contribution in [3.63, 3.8) is 0 Å². The van der Waals surface area contributed by atoms with Crippen LogP contribution in [0, 0.1) is 0 Å². The van der Waals surface area contributed by atoms with E-state index in [0.717, 1.165) is 83.5 Å². The summed E-state index contributed by atoms with van der Waals surface area (Å²) in [4.78, 5) is 32.7. The number of hydrogen-bond donors (Lipinski definition) is 2. The van der Waals surface area contributed by atoms with Crippen LogP contribution in [0.25, 0.3) is 0 Å². The Kier molecular flexibility index (Phi) is 18.6. The van der Waals surface area contributed by atoms with Crippen molar-refractivity contribution in [3.05, 3.63) is 0 Å². The van der Waals surface area contributed by atoms with Gasteiger partial charge in [0.25, 0.3) is 0 Å². The van der Waals surface area contributed by atoms with Crippen LogP contribution < -0.4 is 0 Å². The summed E-state index contributed by atoms with van der Waals surface area (Å²) in [6.07, 6.45) is 14.6. The van der Waals surface area contributed by atoms with Crippen LogP contribution in [0.1, 0.15) is 103 Å². The largest absolute Gasteiger partial charge is 0.481 e.